The van der Waals surface area contributed by atoms with Crippen molar-refractivity contribution in [2.75, 3.05) is 25.0 Å². The standard InChI is InChI=1S/C26H30N4O2/c1-18(2)10-13-28-26(32)29-24-16-23(7-4-19(24)3)25(31)30-14-11-22(12-15-30)21-8-5-20(17-27)6-9-21/h4-10,16,22H,11-15H2,1-3H3,(H2,28,29,32). The molecule has 0 spiro atoms. The SMILES string of the molecule is CC(C)=CCNC(=O)Nc1cc(C(=O)N2CCC(c3ccc(C#N)cc3)CC2)ccc1C. The van der Waals surface area contributed by atoms with E-state index >= 15 is 0 Å². The van der Waals surface area contributed by atoms with Crippen LogP contribution in [0.25, 0.3) is 0 Å². The first-order chi connectivity index (χ1) is 15.4. The van der Waals surface area contributed by atoms with E-state index in [1.165, 1.54) is 5.56 Å². The van der Waals surface area contributed by atoms with Crippen molar-refractivity contribution < 1.29 is 9.59 Å². The summed E-state index contributed by atoms with van der Waals surface area (Å²) in [5.74, 6) is 0.378. The van der Waals surface area contributed by atoms with Crippen molar-refractivity contribution in [3.8, 4) is 6.07 Å². The monoisotopic (exact) mass is 430 g/mol. The Kier molecular flexibility index (Phi) is 7.67. The highest BCUT2D eigenvalue weighted by Gasteiger charge is 2.25. The summed E-state index contributed by atoms with van der Waals surface area (Å²) in [5, 5.41) is 14.6. The van der Waals surface area contributed by atoms with Crippen LogP contribution < -0.4 is 10.6 Å². The van der Waals surface area contributed by atoms with Crippen molar-refractivity contribution in [1.82, 2.24) is 10.2 Å². The zero-order valence-corrected chi connectivity index (χ0v) is 18.9. The topological polar surface area (TPSA) is 85.2 Å². The Morgan fingerprint density at radius 1 is 1.12 bits per heavy atom. The lowest BCUT2D eigenvalue weighted by Gasteiger charge is -2.32. The molecule has 3 rings (SSSR count). The molecule has 32 heavy (non-hydrogen) atoms. The maximum absolute atomic E-state index is 13.1. The second-order valence-electron chi connectivity index (χ2n) is 8.45. The Morgan fingerprint density at radius 3 is 2.44 bits per heavy atom. The van der Waals surface area contributed by atoms with Gasteiger partial charge in [0.15, 0.2) is 0 Å². The molecule has 0 aromatic heterocycles. The second-order valence-corrected chi connectivity index (χ2v) is 8.45. The average Bonchev–Trinajstić information content (AvgIpc) is 2.80. The first kappa shape index (κ1) is 23.1. The van der Waals surface area contributed by atoms with Gasteiger partial charge in [-0.05, 0) is 74.9 Å². The lowest BCUT2D eigenvalue weighted by atomic mass is 9.89. The number of urea groups is 1. The fraction of sp³-hybridized carbons (Fsp3) is 0.346. The fourth-order valence-electron chi connectivity index (χ4n) is 3.83. The Bertz CT molecular complexity index is 1040. The number of benzene rings is 2. The molecule has 166 valence electrons. The van der Waals surface area contributed by atoms with E-state index in [1.807, 2.05) is 68.1 Å². The van der Waals surface area contributed by atoms with Crippen LogP contribution in [0, 0.1) is 18.3 Å². The van der Waals surface area contributed by atoms with E-state index in [0.717, 1.165) is 24.0 Å². The van der Waals surface area contributed by atoms with Crippen LogP contribution in [0.1, 0.15) is 59.7 Å². The molecule has 1 fully saturated rings. The zero-order chi connectivity index (χ0) is 23.1. The first-order valence-electron chi connectivity index (χ1n) is 11.0. The summed E-state index contributed by atoms with van der Waals surface area (Å²) in [5.41, 5.74) is 5.13. The lowest BCUT2D eigenvalue weighted by Crippen LogP contribution is -2.38. The van der Waals surface area contributed by atoms with Crippen LogP contribution in [-0.4, -0.2) is 36.5 Å². The molecule has 0 aliphatic carbocycles. The van der Waals surface area contributed by atoms with Gasteiger partial charge in [0, 0.05) is 30.9 Å². The van der Waals surface area contributed by atoms with Crippen molar-refractivity contribution in [2.24, 2.45) is 0 Å². The number of nitrogens with zero attached hydrogens (tertiary/aromatic N) is 2. The Morgan fingerprint density at radius 2 is 1.81 bits per heavy atom. The molecule has 1 saturated heterocycles. The molecule has 2 aromatic rings. The van der Waals surface area contributed by atoms with Gasteiger partial charge in [0.25, 0.3) is 5.91 Å². The molecular formula is C26H30N4O2. The highest BCUT2D eigenvalue weighted by atomic mass is 16.2. The number of piperidine rings is 1. The summed E-state index contributed by atoms with van der Waals surface area (Å²) in [6.45, 7) is 7.69. The summed E-state index contributed by atoms with van der Waals surface area (Å²) < 4.78 is 0. The number of nitrogens with one attached hydrogen (secondary N) is 2. The Balaban J connectivity index is 1.60. The molecule has 2 N–H and O–H groups in total. The molecule has 1 heterocycles. The minimum Gasteiger partial charge on any atom is -0.339 e. The number of rotatable bonds is 5. The third kappa shape index (κ3) is 5.98. The van der Waals surface area contributed by atoms with Gasteiger partial charge in [-0.15, -0.1) is 0 Å². The number of carbonyl (C=O) groups is 2. The molecule has 1 aliphatic rings. The maximum atomic E-state index is 13.1. The molecule has 0 atom stereocenters. The molecule has 0 bridgehead atoms. The lowest BCUT2D eigenvalue weighted by molar-refractivity contribution is 0.0713. The smallest absolute Gasteiger partial charge is 0.319 e. The molecule has 1 aliphatic heterocycles. The molecule has 3 amide bonds. The van der Waals surface area contributed by atoms with E-state index in [4.69, 9.17) is 5.26 Å². The summed E-state index contributed by atoms with van der Waals surface area (Å²) >= 11 is 0. The van der Waals surface area contributed by atoms with Crippen LogP contribution in [0.5, 0.6) is 0 Å². The van der Waals surface area contributed by atoms with Crippen LogP contribution in [0.15, 0.2) is 54.1 Å². The molecule has 0 saturated carbocycles. The van der Waals surface area contributed by atoms with Gasteiger partial charge in [-0.2, -0.15) is 5.26 Å². The minimum atomic E-state index is -0.293. The highest BCUT2D eigenvalue weighted by Crippen LogP contribution is 2.29. The number of aryl methyl sites for hydroxylation is 1. The highest BCUT2D eigenvalue weighted by molar-refractivity contribution is 5.97. The number of hydrogen-bond donors (Lipinski definition) is 2. The molecule has 6 heteroatoms. The molecule has 2 aromatic carbocycles. The number of likely N-dealkylation sites (tertiary alicyclic amines) is 1. The summed E-state index contributed by atoms with van der Waals surface area (Å²) in [7, 11) is 0. The number of amides is 3. The largest absolute Gasteiger partial charge is 0.339 e. The number of allylic oxidation sites excluding steroid dienone is 1. The van der Waals surface area contributed by atoms with Gasteiger partial charge in [-0.1, -0.05) is 29.8 Å². The first-order valence-corrected chi connectivity index (χ1v) is 11.0. The third-order valence-electron chi connectivity index (χ3n) is 5.80. The van der Waals surface area contributed by atoms with Crippen LogP contribution in [0.3, 0.4) is 0 Å². The van der Waals surface area contributed by atoms with E-state index in [9.17, 15) is 9.59 Å². The van der Waals surface area contributed by atoms with Crippen molar-refractivity contribution in [3.63, 3.8) is 0 Å². The third-order valence-corrected chi connectivity index (χ3v) is 5.80. The van der Waals surface area contributed by atoms with Gasteiger partial charge in [-0.25, -0.2) is 4.79 Å². The quantitative estimate of drug-likeness (QED) is 0.657. The number of anilines is 1. The van der Waals surface area contributed by atoms with Crippen LogP contribution in [0.2, 0.25) is 0 Å². The number of carbonyl (C=O) groups excluding carboxylic acids is 2. The summed E-state index contributed by atoms with van der Waals surface area (Å²) in [6.07, 6.45) is 3.72. The van der Waals surface area contributed by atoms with Gasteiger partial charge in [0.05, 0.1) is 11.6 Å². The van der Waals surface area contributed by atoms with Crippen LogP contribution >= 0.6 is 0 Å². The molecule has 0 radical (unpaired) electrons. The van der Waals surface area contributed by atoms with E-state index in [0.29, 0.717) is 42.4 Å². The van der Waals surface area contributed by atoms with Gasteiger partial charge >= 0.3 is 6.03 Å². The fourth-order valence-corrected chi connectivity index (χ4v) is 3.83. The number of nitriles is 1. The second kappa shape index (κ2) is 10.6. The summed E-state index contributed by atoms with van der Waals surface area (Å²) in [4.78, 5) is 27.1. The summed E-state index contributed by atoms with van der Waals surface area (Å²) in [6, 6.07) is 15.0. The predicted molar refractivity (Wildman–Crippen MR) is 127 cm³/mol. The predicted octanol–water partition coefficient (Wildman–Crippen LogP) is 4.97. The van der Waals surface area contributed by atoms with Gasteiger partial charge < -0.3 is 15.5 Å². The van der Waals surface area contributed by atoms with Gasteiger partial charge in [0.2, 0.25) is 0 Å². The Hall–Kier alpha value is -3.59. The van der Waals surface area contributed by atoms with Crippen molar-refractivity contribution in [2.45, 2.75) is 39.5 Å². The van der Waals surface area contributed by atoms with E-state index in [2.05, 4.69) is 16.7 Å². The normalized spacial score (nSPS) is 13.8. The van der Waals surface area contributed by atoms with E-state index in [-0.39, 0.29) is 11.9 Å². The van der Waals surface area contributed by atoms with Crippen molar-refractivity contribution in [3.05, 3.63) is 76.4 Å². The molecule has 6 nitrogen and oxygen atoms in total. The van der Waals surface area contributed by atoms with E-state index in [1.54, 1.807) is 6.07 Å². The van der Waals surface area contributed by atoms with Gasteiger partial charge in [0.1, 0.15) is 0 Å². The number of hydrogen-bond acceptors (Lipinski definition) is 3. The molecule has 0 unspecified atom stereocenters. The van der Waals surface area contributed by atoms with E-state index < -0.39 is 0 Å². The average molecular weight is 431 g/mol. The maximum Gasteiger partial charge on any atom is 0.319 e. The molecular weight excluding hydrogens is 400 g/mol. The Labute approximate surface area is 189 Å². The van der Waals surface area contributed by atoms with Crippen LogP contribution in [-0.2, 0) is 0 Å². The minimum absolute atomic E-state index is 0.0173. The van der Waals surface area contributed by atoms with Gasteiger partial charge in [-0.3, -0.25) is 4.79 Å². The van der Waals surface area contributed by atoms with Crippen molar-refractivity contribution in [1.29, 1.82) is 5.26 Å². The van der Waals surface area contributed by atoms with Crippen molar-refractivity contribution >= 4 is 17.6 Å². The van der Waals surface area contributed by atoms with Crippen LogP contribution in [0.4, 0.5) is 10.5 Å². The zero-order valence-electron chi connectivity index (χ0n) is 18.9.